The third kappa shape index (κ3) is 4.12. The number of alkyl halides is 3. The van der Waals surface area contributed by atoms with Crippen molar-refractivity contribution in [2.45, 2.75) is 6.18 Å². The van der Waals surface area contributed by atoms with Crippen LogP contribution in [0.15, 0.2) is 42.5 Å². The van der Waals surface area contributed by atoms with Gasteiger partial charge in [-0.15, -0.1) is 0 Å². The Morgan fingerprint density at radius 2 is 1.72 bits per heavy atom. The van der Waals surface area contributed by atoms with Crippen molar-refractivity contribution in [1.82, 2.24) is 9.88 Å². The monoisotopic (exact) mass is 424 g/mol. The van der Waals surface area contributed by atoms with E-state index in [2.05, 4.69) is 10.3 Å². The standard InChI is InChI=1S/C19H16F4N4OS/c20-14-2-1-3-15-16(14)25-18(29-15)27-10-8-26(9-11-27)17(28)24-13-6-4-12(5-7-13)19(21,22)23/h1-7H,8-11H2,(H,24,28). The van der Waals surface area contributed by atoms with Gasteiger partial charge in [-0.25, -0.2) is 14.2 Å². The molecule has 0 bridgehead atoms. The number of aromatic nitrogens is 1. The van der Waals surface area contributed by atoms with Crippen molar-refractivity contribution < 1.29 is 22.4 Å². The summed E-state index contributed by atoms with van der Waals surface area (Å²) in [5.74, 6) is -0.362. The lowest BCUT2D eigenvalue weighted by Gasteiger charge is -2.34. The Morgan fingerprint density at radius 1 is 1.03 bits per heavy atom. The van der Waals surface area contributed by atoms with Crippen LogP contribution >= 0.6 is 11.3 Å². The fourth-order valence-corrected chi connectivity index (χ4v) is 4.12. The van der Waals surface area contributed by atoms with E-state index in [9.17, 15) is 22.4 Å². The zero-order valence-electron chi connectivity index (χ0n) is 15.0. The Balaban J connectivity index is 1.36. The van der Waals surface area contributed by atoms with E-state index in [4.69, 9.17) is 0 Å². The Hall–Kier alpha value is -2.88. The minimum atomic E-state index is -4.41. The molecule has 29 heavy (non-hydrogen) atoms. The first kappa shape index (κ1) is 19.4. The molecule has 2 aromatic carbocycles. The molecule has 1 saturated heterocycles. The summed E-state index contributed by atoms with van der Waals surface area (Å²) in [4.78, 5) is 20.3. The number of carbonyl (C=O) groups excluding carboxylic acids is 1. The van der Waals surface area contributed by atoms with Gasteiger partial charge in [0.2, 0.25) is 0 Å². The maximum atomic E-state index is 13.8. The molecule has 0 unspecified atom stereocenters. The highest BCUT2D eigenvalue weighted by atomic mass is 32.1. The summed E-state index contributed by atoms with van der Waals surface area (Å²) in [7, 11) is 0. The van der Waals surface area contributed by atoms with Gasteiger partial charge in [0.25, 0.3) is 0 Å². The van der Waals surface area contributed by atoms with Crippen LogP contribution in [0.25, 0.3) is 10.2 Å². The first-order valence-corrected chi connectivity index (χ1v) is 9.66. The van der Waals surface area contributed by atoms with Gasteiger partial charge in [-0.2, -0.15) is 13.2 Å². The van der Waals surface area contributed by atoms with Gasteiger partial charge in [-0.05, 0) is 36.4 Å². The molecule has 4 rings (SSSR count). The number of nitrogens with zero attached hydrogens (tertiary/aromatic N) is 3. The topological polar surface area (TPSA) is 48.5 Å². The number of fused-ring (bicyclic) bond motifs is 1. The van der Waals surface area contributed by atoms with Gasteiger partial charge in [0, 0.05) is 31.9 Å². The van der Waals surface area contributed by atoms with Crippen molar-refractivity contribution >= 4 is 38.4 Å². The molecule has 10 heteroatoms. The van der Waals surface area contributed by atoms with Crippen LogP contribution in [0.4, 0.5) is 33.2 Å². The highest BCUT2D eigenvalue weighted by Crippen LogP contribution is 2.31. The van der Waals surface area contributed by atoms with Crippen molar-refractivity contribution in [3.63, 3.8) is 0 Å². The van der Waals surface area contributed by atoms with Gasteiger partial charge in [0.1, 0.15) is 11.3 Å². The van der Waals surface area contributed by atoms with Crippen LogP contribution in [-0.4, -0.2) is 42.1 Å². The van der Waals surface area contributed by atoms with Crippen molar-refractivity contribution in [1.29, 1.82) is 0 Å². The lowest BCUT2D eigenvalue weighted by Crippen LogP contribution is -2.50. The maximum absolute atomic E-state index is 13.8. The number of benzene rings is 2. The molecule has 0 radical (unpaired) electrons. The van der Waals surface area contributed by atoms with Crippen LogP contribution in [0.2, 0.25) is 0 Å². The number of carbonyl (C=O) groups is 1. The molecule has 2 amide bonds. The zero-order chi connectivity index (χ0) is 20.6. The van der Waals surface area contributed by atoms with E-state index in [0.29, 0.717) is 42.5 Å². The summed E-state index contributed by atoms with van der Waals surface area (Å²) in [6.45, 7) is 1.90. The van der Waals surface area contributed by atoms with Gasteiger partial charge in [-0.1, -0.05) is 17.4 Å². The van der Waals surface area contributed by atoms with Crippen molar-refractivity contribution in [2.24, 2.45) is 0 Å². The molecule has 0 spiro atoms. The number of rotatable bonds is 2. The maximum Gasteiger partial charge on any atom is 0.416 e. The van der Waals surface area contributed by atoms with E-state index >= 15 is 0 Å². The number of halogens is 4. The minimum absolute atomic E-state index is 0.298. The quantitative estimate of drug-likeness (QED) is 0.601. The Morgan fingerprint density at radius 3 is 2.34 bits per heavy atom. The van der Waals surface area contributed by atoms with E-state index in [1.165, 1.54) is 29.5 Å². The first-order chi connectivity index (χ1) is 13.8. The second kappa shape index (κ2) is 7.51. The lowest BCUT2D eigenvalue weighted by atomic mass is 10.2. The smallest absolute Gasteiger partial charge is 0.345 e. The molecule has 0 atom stereocenters. The summed E-state index contributed by atoms with van der Waals surface area (Å²) in [6, 6.07) is 8.77. The van der Waals surface area contributed by atoms with Crippen LogP contribution in [0.1, 0.15) is 5.56 Å². The molecule has 1 N–H and O–H groups in total. The van der Waals surface area contributed by atoms with Gasteiger partial charge >= 0.3 is 12.2 Å². The second-order valence-corrected chi connectivity index (χ2v) is 7.57. The average molecular weight is 424 g/mol. The Labute approximate surface area is 167 Å². The highest BCUT2D eigenvalue weighted by Gasteiger charge is 2.30. The summed E-state index contributed by atoms with van der Waals surface area (Å²) in [5.41, 5.74) is -0.126. The van der Waals surface area contributed by atoms with Crippen LogP contribution in [-0.2, 0) is 6.18 Å². The number of anilines is 2. The van der Waals surface area contributed by atoms with Crippen LogP contribution in [0.3, 0.4) is 0 Å². The first-order valence-electron chi connectivity index (χ1n) is 8.84. The number of piperazine rings is 1. The molecule has 1 fully saturated rings. The molecule has 1 aromatic heterocycles. The highest BCUT2D eigenvalue weighted by molar-refractivity contribution is 7.22. The molecule has 0 aliphatic carbocycles. The third-order valence-electron chi connectivity index (χ3n) is 4.66. The fourth-order valence-electron chi connectivity index (χ4n) is 3.08. The minimum Gasteiger partial charge on any atom is -0.345 e. The van der Waals surface area contributed by atoms with E-state index in [-0.39, 0.29) is 11.8 Å². The Bertz CT molecular complexity index is 1030. The number of para-hydroxylation sites is 1. The molecule has 152 valence electrons. The number of thiazole rings is 1. The second-order valence-electron chi connectivity index (χ2n) is 6.56. The van der Waals surface area contributed by atoms with E-state index in [0.717, 1.165) is 16.8 Å². The predicted octanol–water partition coefficient (Wildman–Crippen LogP) is 4.81. The summed E-state index contributed by atoms with van der Waals surface area (Å²) >= 11 is 1.40. The molecular formula is C19H16F4N4OS. The molecule has 3 aromatic rings. The van der Waals surface area contributed by atoms with Crippen LogP contribution in [0.5, 0.6) is 0 Å². The summed E-state index contributed by atoms with van der Waals surface area (Å²) < 4.78 is 52.4. The number of hydrogen-bond donors (Lipinski definition) is 1. The van der Waals surface area contributed by atoms with Crippen LogP contribution in [0, 0.1) is 5.82 Å². The van der Waals surface area contributed by atoms with Gasteiger partial charge < -0.3 is 15.1 Å². The molecule has 1 aliphatic rings. The van der Waals surface area contributed by atoms with Crippen molar-refractivity contribution in [3.05, 3.63) is 53.8 Å². The van der Waals surface area contributed by atoms with E-state index in [1.807, 2.05) is 11.0 Å². The third-order valence-corrected chi connectivity index (χ3v) is 5.74. The van der Waals surface area contributed by atoms with Crippen molar-refractivity contribution in [3.8, 4) is 0 Å². The molecule has 0 saturated carbocycles. The molecule has 2 heterocycles. The van der Waals surface area contributed by atoms with Gasteiger partial charge in [-0.3, -0.25) is 0 Å². The zero-order valence-corrected chi connectivity index (χ0v) is 15.9. The molecular weight excluding hydrogens is 408 g/mol. The number of urea groups is 1. The van der Waals surface area contributed by atoms with Crippen molar-refractivity contribution in [2.75, 3.05) is 36.4 Å². The summed E-state index contributed by atoms with van der Waals surface area (Å²) in [6.07, 6.45) is -4.41. The average Bonchev–Trinajstić information content (AvgIpc) is 3.14. The largest absolute Gasteiger partial charge is 0.416 e. The fraction of sp³-hybridized carbons (Fsp3) is 0.263. The van der Waals surface area contributed by atoms with Gasteiger partial charge in [0.05, 0.1) is 10.3 Å². The Kier molecular flexibility index (Phi) is 5.03. The van der Waals surface area contributed by atoms with E-state index < -0.39 is 11.7 Å². The molecule has 5 nitrogen and oxygen atoms in total. The van der Waals surface area contributed by atoms with E-state index in [1.54, 1.807) is 11.0 Å². The number of amides is 2. The SMILES string of the molecule is O=C(Nc1ccc(C(F)(F)F)cc1)N1CCN(c2nc3c(F)cccc3s2)CC1. The normalized spacial score (nSPS) is 15.0. The summed E-state index contributed by atoms with van der Waals surface area (Å²) in [5, 5.41) is 3.31. The number of hydrogen-bond acceptors (Lipinski definition) is 4. The molecule has 1 aliphatic heterocycles. The van der Waals surface area contributed by atoms with Gasteiger partial charge in [0.15, 0.2) is 5.13 Å². The predicted molar refractivity (Wildman–Crippen MR) is 104 cm³/mol. The van der Waals surface area contributed by atoms with Crippen LogP contribution < -0.4 is 10.2 Å². The number of nitrogens with one attached hydrogen (secondary N) is 1. The lowest BCUT2D eigenvalue weighted by molar-refractivity contribution is -0.137.